The van der Waals surface area contributed by atoms with Gasteiger partial charge in [0.25, 0.3) is 0 Å². The fraction of sp³-hybridized carbons (Fsp3) is 0.143. The number of urea groups is 1. The normalized spacial score (nSPS) is 10.5. The van der Waals surface area contributed by atoms with E-state index in [1.54, 1.807) is 30.0 Å². The van der Waals surface area contributed by atoms with Crippen molar-refractivity contribution in [2.45, 2.75) is 0 Å². The highest BCUT2D eigenvalue weighted by molar-refractivity contribution is 5.88. The van der Waals surface area contributed by atoms with Crippen LogP contribution in [0.2, 0.25) is 0 Å². The number of fused-ring (bicyclic) bond motifs is 1. The average Bonchev–Trinajstić information content (AvgIpc) is 2.95. The van der Waals surface area contributed by atoms with Crippen molar-refractivity contribution < 1.29 is 9.53 Å². The van der Waals surface area contributed by atoms with Crippen molar-refractivity contribution in [2.75, 3.05) is 19.5 Å². The maximum atomic E-state index is 11.3. The molecule has 8 nitrogen and oxygen atoms in total. The first-order valence-corrected chi connectivity index (χ1v) is 6.56. The summed E-state index contributed by atoms with van der Waals surface area (Å²) in [6, 6.07) is 8.74. The van der Waals surface area contributed by atoms with Crippen LogP contribution < -0.4 is 15.4 Å². The molecule has 22 heavy (non-hydrogen) atoms. The number of methoxy groups -OCH3 is 1. The van der Waals surface area contributed by atoms with Gasteiger partial charge in [0, 0.05) is 13.1 Å². The van der Waals surface area contributed by atoms with E-state index in [2.05, 4.69) is 25.7 Å². The lowest BCUT2D eigenvalue weighted by atomic mass is 10.2. The number of amides is 2. The summed E-state index contributed by atoms with van der Waals surface area (Å²) in [5.41, 5.74) is 1.99. The molecular formula is C14H14N6O2. The van der Waals surface area contributed by atoms with E-state index in [1.165, 1.54) is 7.05 Å². The number of imidazole rings is 1. The molecule has 3 aromatic heterocycles. The Bertz CT molecular complexity index is 829. The van der Waals surface area contributed by atoms with Crippen LogP contribution in [-0.2, 0) is 0 Å². The van der Waals surface area contributed by atoms with E-state index in [9.17, 15) is 4.79 Å². The van der Waals surface area contributed by atoms with Crippen LogP contribution in [0.25, 0.3) is 17.0 Å². The molecule has 0 bridgehead atoms. The number of carbonyl (C=O) groups excluding carboxylic acids is 1. The fourth-order valence-corrected chi connectivity index (χ4v) is 1.93. The zero-order chi connectivity index (χ0) is 15.5. The van der Waals surface area contributed by atoms with Crippen LogP contribution in [0.4, 0.5) is 10.6 Å². The molecule has 0 aliphatic carbocycles. The van der Waals surface area contributed by atoms with Crippen LogP contribution in [0.3, 0.4) is 0 Å². The van der Waals surface area contributed by atoms with Crippen molar-refractivity contribution in [1.29, 1.82) is 0 Å². The molecule has 3 heterocycles. The van der Waals surface area contributed by atoms with Gasteiger partial charge in [0.05, 0.1) is 19.0 Å². The Morgan fingerprint density at radius 2 is 2.05 bits per heavy atom. The summed E-state index contributed by atoms with van der Waals surface area (Å²) in [7, 11) is 3.10. The first-order valence-electron chi connectivity index (χ1n) is 6.56. The maximum absolute atomic E-state index is 11.3. The van der Waals surface area contributed by atoms with E-state index in [1.807, 2.05) is 18.2 Å². The van der Waals surface area contributed by atoms with Crippen LogP contribution in [-0.4, -0.2) is 39.8 Å². The lowest BCUT2D eigenvalue weighted by molar-refractivity contribution is 0.254. The van der Waals surface area contributed by atoms with Gasteiger partial charge in [-0.2, -0.15) is 5.10 Å². The predicted molar refractivity (Wildman–Crippen MR) is 80.8 cm³/mol. The van der Waals surface area contributed by atoms with Crippen molar-refractivity contribution >= 4 is 17.5 Å². The Morgan fingerprint density at radius 3 is 2.82 bits per heavy atom. The second-order valence-electron chi connectivity index (χ2n) is 4.42. The SMILES string of the molecule is CNC(=O)Nc1cn2nc(-c3cccc(OC)n3)ccc2n1. The minimum absolute atomic E-state index is 0.335. The second kappa shape index (κ2) is 5.68. The minimum Gasteiger partial charge on any atom is -0.481 e. The molecule has 2 N–H and O–H groups in total. The largest absolute Gasteiger partial charge is 0.481 e. The molecule has 0 fully saturated rings. The van der Waals surface area contributed by atoms with E-state index in [0.717, 1.165) is 0 Å². The number of rotatable bonds is 3. The molecule has 0 saturated heterocycles. The number of hydrogen-bond acceptors (Lipinski definition) is 5. The van der Waals surface area contributed by atoms with E-state index >= 15 is 0 Å². The number of nitrogens with one attached hydrogen (secondary N) is 2. The molecule has 0 unspecified atom stereocenters. The van der Waals surface area contributed by atoms with Gasteiger partial charge in [0.1, 0.15) is 5.69 Å². The zero-order valence-corrected chi connectivity index (χ0v) is 12.1. The van der Waals surface area contributed by atoms with Gasteiger partial charge in [-0.05, 0) is 18.2 Å². The van der Waals surface area contributed by atoms with Crippen LogP contribution in [0.15, 0.2) is 36.5 Å². The van der Waals surface area contributed by atoms with E-state index < -0.39 is 0 Å². The molecular weight excluding hydrogens is 284 g/mol. The van der Waals surface area contributed by atoms with E-state index in [0.29, 0.717) is 28.7 Å². The molecule has 0 aliphatic rings. The Hall–Kier alpha value is -3.16. The Morgan fingerprint density at radius 1 is 1.18 bits per heavy atom. The van der Waals surface area contributed by atoms with E-state index in [-0.39, 0.29) is 6.03 Å². The molecule has 8 heteroatoms. The lowest BCUT2D eigenvalue weighted by Crippen LogP contribution is -2.24. The first-order chi connectivity index (χ1) is 10.7. The second-order valence-corrected chi connectivity index (χ2v) is 4.42. The van der Waals surface area contributed by atoms with E-state index in [4.69, 9.17) is 4.74 Å². The highest BCUT2D eigenvalue weighted by Crippen LogP contribution is 2.18. The van der Waals surface area contributed by atoms with Crippen LogP contribution in [0, 0.1) is 0 Å². The van der Waals surface area contributed by atoms with Crippen molar-refractivity contribution in [3.63, 3.8) is 0 Å². The standard InChI is InChI=1S/C14H14N6O2/c1-15-14(21)18-11-8-20-12(17-11)7-6-10(19-20)9-4-3-5-13(16-9)22-2/h3-8H,1-2H3,(H2,15,18,21). The number of aromatic nitrogens is 4. The van der Waals surface area contributed by atoms with Gasteiger partial charge in [-0.3, -0.25) is 5.32 Å². The monoisotopic (exact) mass is 298 g/mol. The smallest absolute Gasteiger partial charge is 0.320 e. The van der Waals surface area contributed by atoms with Gasteiger partial charge >= 0.3 is 6.03 Å². The first kappa shape index (κ1) is 13.8. The molecule has 0 spiro atoms. The van der Waals surface area contributed by atoms with Crippen molar-refractivity contribution in [1.82, 2.24) is 24.9 Å². The molecule has 0 saturated carbocycles. The highest BCUT2D eigenvalue weighted by Gasteiger charge is 2.08. The number of carbonyl (C=O) groups is 1. The summed E-state index contributed by atoms with van der Waals surface area (Å²) in [6.45, 7) is 0. The lowest BCUT2D eigenvalue weighted by Gasteiger charge is -2.03. The molecule has 2 amide bonds. The quantitative estimate of drug-likeness (QED) is 0.765. The van der Waals surface area contributed by atoms with Gasteiger partial charge in [-0.25, -0.2) is 19.3 Å². The van der Waals surface area contributed by atoms with Crippen LogP contribution >= 0.6 is 0 Å². The van der Waals surface area contributed by atoms with Gasteiger partial charge in [-0.1, -0.05) is 6.07 Å². The van der Waals surface area contributed by atoms with Crippen molar-refractivity contribution in [3.05, 3.63) is 36.5 Å². The molecule has 112 valence electrons. The Kier molecular flexibility index (Phi) is 3.57. The number of anilines is 1. The summed E-state index contributed by atoms with van der Waals surface area (Å²) in [4.78, 5) is 19.9. The summed E-state index contributed by atoms with van der Waals surface area (Å²) in [6.07, 6.45) is 1.63. The predicted octanol–water partition coefficient (Wildman–Crippen LogP) is 1.55. The third kappa shape index (κ3) is 2.66. The van der Waals surface area contributed by atoms with Gasteiger partial charge in [0.15, 0.2) is 11.5 Å². The topological polar surface area (TPSA) is 93.4 Å². The minimum atomic E-state index is -0.335. The van der Waals surface area contributed by atoms with Crippen LogP contribution in [0.1, 0.15) is 0 Å². The Labute approximate surface area is 126 Å². The molecule has 3 aromatic rings. The maximum Gasteiger partial charge on any atom is 0.320 e. The molecule has 0 atom stereocenters. The summed E-state index contributed by atoms with van der Waals surface area (Å²) >= 11 is 0. The van der Waals surface area contributed by atoms with Gasteiger partial charge in [0.2, 0.25) is 5.88 Å². The molecule has 3 rings (SSSR count). The summed E-state index contributed by atoms with van der Waals surface area (Å²) in [5.74, 6) is 0.939. The van der Waals surface area contributed by atoms with Crippen molar-refractivity contribution in [3.8, 4) is 17.3 Å². The molecule has 0 aromatic carbocycles. The molecule has 0 radical (unpaired) electrons. The summed E-state index contributed by atoms with van der Waals surface area (Å²) in [5, 5.41) is 9.50. The Balaban J connectivity index is 1.96. The number of nitrogens with zero attached hydrogens (tertiary/aromatic N) is 4. The fourth-order valence-electron chi connectivity index (χ4n) is 1.93. The third-order valence-corrected chi connectivity index (χ3v) is 2.98. The highest BCUT2D eigenvalue weighted by atomic mass is 16.5. The third-order valence-electron chi connectivity index (χ3n) is 2.98. The van der Waals surface area contributed by atoms with Gasteiger partial charge < -0.3 is 10.1 Å². The number of hydrogen-bond donors (Lipinski definition) is 2. The van der Waals surface area contributed by atoms with Crippen LogP contribution in [0.5, 0.6) is 5.88 Å². The number of ether oxygens (including phenoxy) is 1. The van der Waals surface area contributed by atoms with Crippen molar-refractivity contribution in [2.24, 2.45) is 0 Å². The summed E-state index contributed by atoms with van der Waals surface area (Å²) < 4.78 is 6.70. The number of pyridine rings is 1. The van der Waals surface area contributed by atoms with Gasteiger partial charge in [-0.15, -0.1) is 0 Å². The zero-order valence-electron chi connectivity index (χ0n) is 12.1. The average molecular weight is 298 g/mol. The molecule has 0 aliphatic heterocycles.